The number of rotatable bonds is 1. The van der Waals surface area contributed by atoms with E-state index in [-0.39, 0.29) is 11.5 Å². The SMILES string of the molecule is CC1CCC(C#N)C(N2CCOCC2(C)C)C1. The van der Waals surface area contributed by atoms with Crippen LogP contribution in [0.1, 0.15) is 40.0 Å². The molecule has 0 radical (unpaired) electrons. The summed E-state index contributed by atoms with van der Waals surface area (Å²) in [4.78, 5) is 2.53. The molecule has 0 bridgehead atoms. The molecule has 2 aliphatic rings. The maximum Gasteiger partial charge on any atom is 0.0672 e. The molecule has 17 heavy (non-hydrogen) atoms. The number of nitrogens with zero attached hydrogens (tertiary/aromatic N) is 2. The van der Waals surface area contributed by atoms with Gasteiger partial charge in [0.05, 0.1) is 25.2 Å². The molecule has 1 saturated heterocycles. The van der Waals surface area contributed by atoms with E-state index in [1.165, 1.54) is 12.8 Å². The summed E-state index contributed by atoms with van der Waals surface area (Å²) in [6.07, 6.45) is 3.44. The van der Waals surface area contributed by atoms with Gasteiger partial charge in [-0.2, -0.15) is 5.26 Å². The molecule has 3 heteroatoms. The highest BCUT2D eigenvalue weighted by atomic mass is 16.5. The quantitative estimate of drug-likeness (QED) is 0.701. The van der Waals surface area contributed by atoms with Crippen LogP contribution in [0.4, 0.5) is 0 Å². The van der Waals surface area contributed by atoms with Gasteiger partial charge in [-0.25, -0.2) is 0 Å². The monoisotopic (exact) mass is 236 g/mol. The van der Waals surface area contributed by atoms with Gasteiger partial charge in [-0.1, -0.05) is 6.92 Å². The first-order chi connectivity index (χ1) is 8.04. The number of nitriles is 1. The van der Waals surface area contributed by atoms with Gasteiger partial charge in [0.15, 0.2) is 0 Å². The second-order valence-electron chi connectivity index (χ2n) is 6.28. The van der Waals surface area contributed by atoms with Crippen LogP contribution in [0.2, 0.25) is 0 Å². The Morgan fingerprint density at radius 3 is 2.76 bits per heavy atom. The Morgan fingerprint density at radius 2 is 2.12 bits per heavy atom. The Kier molecular flexibility index (Phi) is 3.75. The molecule has 1 heterocycles. The summed E-state index contributed by atoms with van der Waals surface area (Å²) in [5, 5.41) is 9.34. The summed E-state index contributed by atoms with van der Waals surface area (Å²) in [6.45, 7) is 9.36. The van der Waals surface area contributed by atoms with E-state index in [0.717, 1.165) is 32.1 Å². The zero-order valence-corrected chi connectivity index (χ0v) is 11.3. The van der Waals surface area contributed by atoms with Gasteiger partial charge in [0.1, 0.15) is 0 Å². The van der Waals surface area contributed by atoms with Crippen molar-refractivity contribution in [2.24, 2.45) is 11.8 Å². The molecular formula is C14H24N2O. The minimum absolute atomic E-state index is 0.0784. The van der Waals surface area contributed by atoms with Crippen molar-refractivity contribution in [3.8, 4) is 6.07 Å². The predicted molar refractivity (Wildman–Crippen MR) is 67.5 cm³/mol. The topological polar surface area (TPSA) is 36.3 Å². The van der Waals surface area contributed by atoms with Gasteiger partial charge < -0.3 is 4.74 Å². The maximum atomic E-state index is 9.34. The second kappa shape index (κ2) is 4.96. The number of ether oxygens (including phenoxy) is 1. The molecule has 0 amide bonds. The first-order valence-electron chi connectivity index (χ1n) is 6.78. The average molecular weight is 236 g/mol. The highest BCUT2D eigenvalue weighted by Crippen LogP contribution is 2.36. The molecule has 3 nitrogen and oxygen atoms in total. The molecule has 1 saturated carbocycles. The van der Waals surface area contributed by atoms with Crippen LogP contribution in [0.15, 0.2) is 0 Å². The maximum absolute atomic E-state index is 9.34. The first kappa shape index (κ1) is 12.9. The molecule has 96 valence electrons. The lowest BCUT2D eigenvalue weighted by molar-refractivity contribution is -0.0881. The zero-order chi connectivity index (χ0) is 12.5. The van der Waals surface area contributed by atoms with E-state index in [4.69, 9.17) is 4.74 Å². The van der Waals surface area contributed by atoms with Crippen LogP contribution in [0, 0.1) is 23.2 Å². The summed E-state index contributed by atoms with van der Waals surface area (Å²) in [5.41, 5.74) is 0.0784. The summed E-state index contributed by atoms with van der Waals surface area (Å²) in [6, 6.07) is 2.96. The van der Waals surface area contributed by atoms with Crippen molar-refractivity contribution in [3.63, 3.8) is 0 Å². The van der Waals surface area contributed by atoms with Gasteiger partial charge >= 0.3 is 0 Å². The molecule has 2 rings (SSSR count). The van der Waals surface area contributed by atoms with E-state index in [1.807, 2.05) is 0 Å². The van der Waals surface area contributed by atoms with Crippen LogP contribution in [0.3, 0.4) is 0 Å². The molecule has 2 fully saturated rings. The third-order valence-corrected chi connectivity index (χ3v) is 4.35. The molecule has 1 aliphatic heterocycles. The lowest BCUT2D eigenvalue weighted by Gasteiger charge is -2.50. The first-order valence-corrected chi connectivity index (χ1v) is 6.78. The van der Waals surface area contributed by atoms with Crippen LogP contribution in [-0.4, -0.2) is 36.2 Å². The Morgan fingerprint density at radius 1 is 1.35 bits per heavy atom. The van der Waals surface area contributed by atoms with Crippen molar-refractivity contribution in [3.05, 3.63) is 0 Å². The summed E-state index contributed by atoms with van der Waals surface area (Å²) < 4.78 is 5.58. The Balaban J connectivity index is 2.15. The fourth-order valence-corrected chi connectivity index (χ4v) is 3.33. The molecular weight excluding hydrogens is 212 g/mol. The molecule has 0 spiro atoms. The van der Waals surface area contributed by atoms with E-state index >= 15 is 0 Å². The van der Waals surface area contributed by atoms with Gasteiger partial charge in [-0.3, -0.25) is 4.90 Å². The van der Waals surface area contributed by atoms with Crippen molar-refractivity contribution in [2.45, 2.75) is 51.6 Å². The van der Waals surface area contributed by atoms with Crippen molar-refractivity contribution >= 4 is 0 Å². The standard InChI is InChI=1S/C14H24N2O/c1-11-4-5-12(9-15)13(8-11)16-6-7-17-10-14(16,2)3/h11-13H,4-8,10H2,1-3H3. The molecule has 0 aromatic rings. The Hall–Kier alpha value is -0.590. The second-order valence-corrected chi connectivity index (χ2v) is 6.28. The lowest BCUT2D eigenvalue weighted by Crippen LogP contribution is -2.59. The molecule has 0 N–H and O–H groups in total. The molecule has 0 aromatic carbocycles. The van der Waals surface area contributed by atoms with E-state index in [0.29, 0.717) is 6.04 Å². The third kappa shape index (κ3) is 2.64. The fraction of sp³-hybridized carbons (Fsp3) is 0.929. The molecule has 3 unspecified atom stereocenters. The van der Waals surface area contributed by atoms with Gasteiger partial charge in [0.2, 0.25) is 0 Å². The zero-order valence-electron chi connectivity index (χ0n) is 11.3. The number of hydrogen-bond donors (Lipinski definition) is 0. The normalized spacial score (nSPS) is 38.6. The smallest absolute Gasteiger partial charge is 0.0672 e. The highest BCUT2D eigenvalue weighted by molar-refractivity contribution is 5.01. The van der Waals surface area contributed by atoms with Crippen LogP contribution in [-0.2, 0) is 4.74 Å². The largest absolute Gasteiger partial charge is 0.378 e. The van der Waals surface area contributed by atoms with E-state index < -0.39 is 0 Å². The third-order valence-electron chi connectivity index (χ3n) is 4.35. The number of hydrogen-bond acceptors (Lipinski definition) is 3. The van der Waals surface area contributed by atoms with Gasteiger partial charge in [0.25, 0.3) is 0 Å². The minimum atomic E-state index is 0.0784. The fourth-order valence-electron chi connectivity index (χ4n) is 3.33. The minimum Gasteiger partial charge on any atom is -0.378 e. The van der Waals surface area contributed by atoms with Gasteiger partial charge in [-0.05, 0) is 39.0 Å². The van der Waals surface area contributed by atoms with E-state index in [1.54, 1.807) is 0 Å². The van der Waals surface area contributed by atoms with E-state index in [2.05, 4.69) is 31.7 Å². The number of morpholine rings is 1. The van der Waals surface area contributed by atoms with Crippen molar-refractivity contribution < 1.29 is 4.74 Å². The Labute approximate surface area is 105 Å². The van der Waals surface area contributed by atoms with Crippen molar-refractivity contribution in [1.29, 1.82) is 5.26 Å². The average Bonchev–Trinajstić information content (AvgIpc) is 2.28. The molecule has 3 atom stereocenters. The van der Waals surface area contributed by atoms with Gasteiger partial charge in [-0.15, -0.1) is 0 Å². The summed E-state index contributed by atoms with van der Waals surface area (Å²) in [7, 11) is 0. The lowest BCUT2D eigenvalue weighted by atomic mass is 9.77. The molecule has 1 aliphatic carbocycles. The van der Waals surface area contributed by atoms with Crippen LogP contribution >= 0.6 is 0 Å². The summed E-state index contributed by atoms with van der Waals surface area (Å²) >= 11 is 0. The van der Waals surface area contributed by atoms with Crippen LogP contribution in [0.25, 0.3) is 0 Å². The van der Waals surface area contributed by atoms with Crippen molar-refractivity contribution in [2.75, 3.05) is 19.8 Å². The van der Waals surface area contributed by atoms with E-state index in [9.17, 15) is 5.26 Å². The summed E-state index contributed by atoms with van der Waals surface area (Å²) in [5.74, 6) is 0.965. The van der Waals surface area contributed by atoms with Gasteiger partial charge in [0, 0.05) is 18.1 Å². The van der Waals surface area contributed by atoms with Crippen molar-refractivity contribution in [1.82, 2.24) is 4.90 Å². The highest BCUT2D eigenvalue weighted by Gasteiger charge is 2.41. The van der Waals surface area contributed by atoms with Crippen LogP contribution < -0.4 is 0 Å². The van der Waals surface area contributed by atoms with Crippen LogP contribution in [0.5, 0.6) is 0 Å². The molecule has 0 aromatic heterocycles. The Bertz CT molecular complexity index is 308. The predicted octanol–water partition coefficient (Wildman–Crippen LogP) is 2.43.